The molecule has 4 heteroatoms. The first-order valence-corrected chi connectivity index (χ1v) is 7.28. The average Bonchev–Trinajstić information content (AvgIpc) is 2.41. The Labute approximate surface area is 118 Å². The van der Waals surface area contributed by atoms with Gasteiger partial charge in [0, 0.05) is 6.04 Å². The van der Waals surface area contributed by atoms with E-state index in [4.69, 9.17) is 23.2 Å². The van der Waals surface area contributed by atoms with E-state index in [0.29, 0.717) is 16.1 Å². The van der Waals surface area contributed by atoms with Crippen LogP contribution < -0.4 is 5.32 Å². The average molecular weight is 288 g/mol. The highest BCUT2D eigenvalue weighted by Crippen LogP contribution is 2.31. The summed E-state index contributed by atoms with van der Waals surface area (Å²) in [5.41, 5.74) is 0.886. The van der Waals surface area contributed by atoms with Crippen molar-refractivity contribution in [2.45, 2.75) is 44.2 Å². The fourth-order valence-corrected chi connectivity index (χ4v) is 3.02. The maximum absolute atomic E-state index is 9.56. The zero-order valence-electron chi connectivity index (χ0n) is 10.3. The molecule has 0 bridgehead atoms. The second kappa shape index (κ2) is 6.76. The summed E-state index contributed by atoms with van der Waals surface area (Å²) in [6.07, 6.45) is 6.20. The molecule has 0 radical (unpaired) electrons. The summed E-state index contributed by atoms with van der Waals surface area (Å²) >= 11 is 12.2. The van der Waals surface area contributed by atoms with Crippen molar-refractivity contribution in [1.82, 2.24) is 5.32 Å². The normalized spacial score (nSPS) is 18.8. The highest BCUT2D eigenvalue weighted by molar-refractivity contribution is 6.42. The summed E-state index contributed by atoms with van der Waals surface area (Å²) in [4.78, 5) is 0. The van der Waals surface area contributed by atoms with Crippen molar-refractivity contribution in [1.29, 1.82) is 0 Å². The molecule has 2 nitrogen and oxygen atoms in total. The molecular weight excluding hydrogens is 269 g/mol. The molecule has 1 saturated carbocycles. The Morgan fingerprint density at radius 3 is 2.61 bits per heavy atom. The fraction of sp³-hybridized carbons (Fsp3) is 0.571. The lowest BCUT2D eigenvalue weighted by atomic mass is 9.94. The molecule has 2 N–H and O–H groups in total. The lowest BCUT2D eigenvalue weighted by Gasteiger charge is -2.28. The van der Waals surface area contributed by atoms with E-state index in [0.717, 1.165) is 5.56 Å². The summed E-state index contributed by atoms with van der Waals surface area (Å²) in [7, 11) is 0. The molecule has 2 rings (SSSR count). The summed E-state index contributed by atoms with van der Waals surface area (Å²) in [5, 5.41) is 14.1. The summed E-state index contributed by atoms with van der Waals surface area (Å²) in [5.74, 6) is 0. The van der Waals surface area contributed by atoms with Crippen molar-refractivity contribution in [3.05, 3.63) is 33.8 Å². The number of aliphatic hydroxyl groups is 1. The van der Waals surface area contributed by atoms with Gasteiger partial charge in [-0.05, 0) is 24.5 Å². The third-order valence-electron chi connectivity index (χ3n) is 3.58. The lowest BCUT2D eigenvalue weighted by molar-refractivity contribution is 0.220. The van der Waals surface area contributed by atoms with Gasteiger partial charge in [0.25, 0.3) is 0 Å². The molecule has 1 aromatic rings. The summed E-state index contributed by atoms with van der Waals surface area (Å²) in [6, 6.07) is 5.91. The van der Waals surface area contributed by atoms with Crippen LogP contribution in [0.2, 0.25) is 10.0 Å². The van der Waals surface area contributed by atoms with Gasteiger partial charge in [-0.3, -0.25) is 0 Å². The smallest absolute Gasteiger partial charge is 0.0640 e. The van der Waals surface area contributed by atoms with Gasteiger partial charge in [0.15, 0.2) is 0 Å². The zero-order chi connectivity index (χ0) is 13.0. The van der Waals surface area contributed by atoms with E-state index in [1.807, 2.05) is 12.1 Å². The zero-order valence-corrected chi connectivity index (χ0v) is 11.8. The Hall–Kier alpha value is -0.280. The fourth-order valence-electron chi connectivity index (χ4n) is 2.58. The van der Waals surface area contributed by atoms with Gasteiger partial charge in [0.05, 0.1) is 22.7 Å². The molecule has 0 spiro atoms. The predicted octanol–water partition coefficient (Wildman–Crippen LogP) is 3.95. The van der Waals surface area contributed by atoms with Crippen LogP contribution in [-0.2, 0) is 0 Å². The van der Waals surface area contributed by atoms with Crippen molar-refractivity contribution in [2.75, 3.05) is 6.61 Å². The van der Waals surface area contributed by atoms with Crippen LogP contribution in [-0.4, -0.2) is 17.8 Å². The predicted molar refractivity (Wildman–Crippen MR) is 76.3 cm³/mol. The van der Waals surface area contributed by atoms with Gasteiger partial charge in [-0.2, -0.15) is 0 Å². The second-order valence-corrected chi connectivity index (χ2v) is 5.66. The van der Waals surface area contributed by atoms with Crippen LogP contribution in [0.25, 0.3) is 0 Å². The van der Waals surface area contributed by atoms with Crippen LogP contribution in [0.15, 0.2) is 18.2 Å². The second-order valence-electron chi connectivity index (χ2n) is 4.88. The van der Waals surface area contributed by atoms with Crippen molar-refractivity contribution in [2.24, 2.45) is 0 Å². The maximum Gasteiger partial charge on any atom is 0.0640 e. The van der Waals surface area contributed by atoms with Crippen LogP contribution in [0, 0.1) is 0 Å². The van der Waals surface area contributed by atoms with E-state index in [2.05, 4.69) is 5.32 Å². The van der Waals surface area contributed by atoms with Crippen LogP contribution in [0.4, 0.5) is 0 Å². The van der Waals surface area contributed by atoms with E-state index in [-0.39, 0.29) is 12.6 Å². The van der Waals surface area contributed by atoms with Crippen LogP contribution in [0.1, 0.15) is 43.7 Å². The molecule has 1 fully saturated rings. The highest BCUT2D eigenvalue weighted by atomic mass is 35.5. The van der Waals surface area contributed by atoms with E-state index >= 15 is 0 Å². The molecular formula is C14H19Cl2NO. The van der Waals surface area contributed by atoms with Crippen molar-refractivity contribution >= 4 is 23.2 Å². The SMILES string of the molecule is OCC(NC1CCCCC1)c1cccc(Cl)c1Cl. The Bertz CT molecular complexity index is 391. The van der Waals surface area contributed by atoms with Gasteiger partial charge < -0.3 is 10.4 Å². The van der Waals surface area contributed by atoms with Gasteiger partial charge in [-0.15, -0.1) is 0 Å². The molecule has 0 aliphatic heterocycles. The topological polar surface area (TPSA) is 32.3 Å². The first-order chi connectivity index (χ1) is 8.72. The number of nitrogens with one attached hydrogen (secondary N) is 1. The van der Waals surface area contributed by atoms with E-state index < -0.39 is 0 Å². The van der Waals surface area contributed by atoms with Crippen LogP contribution in [0.5, 0.6) is 0 Å². The van der Waals surface area contributed by atoms with E-state index in [1.165, 1.54) is 32.1 Å². The number of hydrogen-bond donors (Lipinski definition) is 2. The van der Waals surface area contributed by atoms with E-state index in [1.54, 1.807) is 6.07 Å². The number of rotatable bonds is 4. The standard InChI is InChI=1S/C14H19Cl2NO/c15-12-8-4-7-11(14(12)16)13(9-18)17-10-5-2-1-3-6-10/h4,7-8,10,13,17-18H,1-3,5-6,9H2. The molecule has 1 aliphatic carbocycles. The highest BCUT2D eigenvalue weighted by Gasteiger charge is 2.20. The summed E-state index contributed by atoms with van der Waals surface area (Å²) in [6.45, 7) is 0.0383. The van der Waals surface area contributed by atoms with Crippen LogP contribution >= 0.6 is 23.2 Å². The van der Waals surface area contributed by atoms with Gasteiger partial charge in [0.1, 0.15) is 0 Å². The van der Waals surface area contributed by atoms with Crippen LogP contribution in [0.3, 0.4) is 0 Å². The van der Waals surface area contributed by atoms with Gasteiger partial charge >= 0.3 is 0 Å². The van der Waals surface area contributed by atoms with Gasteiger partial charge in [-0.1, -0.05) is 54.6 Å². The molecule has 0 saturated heterocycles. The third-order valence-corrected chi connectivity index (χ3v) is 4.42. The van der Waals surface area contributed by atoms with Crippen molar-refractivity contribution in [3.63, 3.8) is 0 Å². The Morgan fingerprint density at radius 2 is 1.94 bits per heavy atom. The summed E-state index contributed by atoms with van der Waals surface area (Å²) < 4.78 is 0. The number of aliphatic hydroxyl groups excluding tert-OH is 1. The molecule has 100 valence electrons. The molecule has 0 amide bonds. The molecule has 18 heavy (non-hydrogen) atoms. The molecule has 0 aromatic heterocycles. The molecule has 1 atom stereocenters. The largest absolute Gasteiger partial charge is 0.394 e. The number of hydrogen-bond acceptors (Lipinski definition) is 2. The maximum atomic E-state index is 9.56. The Morgan fingerprint density at radius 1 is 1.22 bits per heavy atom. The Kier molecular flexibility index (Phi) is 5.31. The quantitative estimate of drug-likeness (QED) is 0.879. The first kappa shape index (κ1) is 14.1. The monoisotopic (exact) mass is 287 g/mol. The third kappa shape index (κ3) is 3.39. The molecule has 1 aliphatic rings. The molecule has 1 aromatic carbocycles. The molecule has 0 heterocycles. The number of benzene rings is 1. The minimum atomic E-state index is -0.126. The molecule has 1 unspecified atom stereocenters. The lowest BCUT2D eigenvalue weighted by Crippen LogP contribution is -2.36. The van der Waals surface area contributed by atoms with E-state index in [9.17, 15) is 5.11 Å². The minimum absolute atomic E-state index is 0.0383. The van der Waals surface area contributed by atoms with Gasteiger partial charge in [-0.25, -0.2) is 0 Å². The van der Waals surface area contributed by atoms with Crippen molar-refractivity contribution < 1.29 is 5.11 Å². The van der Waals surface area contributed by atoms with Gasteiger partial charge in [0.2, 0.25) is 0 Å². The Balaban J connectivity index is 2.09. The first-order valence-electron chi connectivity index (χ1n) is 6.53. The van der Waals surface area contributed by atoms with Crippen molar-refractivity contribution in [3.8, 4) is 0 Å². The minimum Gasteiger partial charge on any atom is -0.394 e. The number of halogens is 2.